The smallest absolute Gasteiger partial charge is 0.279 e. The third kappa shape index (κ3) is 1.91. The average Bonchev–Trinajstić information content (AvgIpc) is 2.58. The quantitative estimate of drug-likeness (QED) is 0.719. The molecular formula is C10H16N2O3S. The largest absolute Gasteiger partial charge is 0.386 e. The third-order valence-corrected chi connectivity index (χ3v) is 4.17. The van der Waals surface area contributed by atoms with Gasteiger partial charge in [-0.1, -0.05) is 25.6 Å². The number of rotatable bonds is 2. The van der Waals surface area contributed by atoms with Gasteiger partial charge in [0.2, 0.25) is 5.91 Å². The molecule has 5 nitrogen and oxygen atoms in total. The molecule has 2 saturated heterocycles. The van der Waals surface area contributed by atoms with Gasteiger partial charge in [0, 0.05) is 5.75 Å². The Kier molecular flexibility index (Phi) is 2.88. The van der Waals surface area contributed by atoms with Crippen molar-refractivity contribution in [1.29, 1.82) is 0 Å². The van der Waals surface area contributed by atoms with Gasteiger partial charge in [-0.25, -0.2) is 0 Å². The Morgan fingerprint density at radius 2 is 2.25 bits per heavy atom. The first-order valence-electron chi connectivity index (χ1n) is 5.37. The summed E-state index contributed by atoms with van der Waals surface area (Å²) < 4.78 is 0. The summed E-state index contributed by atoms with van der Waals surface area (Å²) in [4.78, 5) is 24.4. The van der Waals surface area contributed by atoms with Crippen LogP contribution < -0.4 is 5.32 Å². The van der Waals surface area contributed by atoms with Crippen molar-refractivity contribution in [2.75, 3.05) is 18.8 Å². The molecular weight excluding hydrogens is 228 g/mol. The summed E-state index contributed by atoms with van der Waals surface area (Å²) >= 11 is 1.13. The van der Waals surface area contributed by atoms with Crippen molar-refractivity contribution in [2.24, 2.45) is 5.92 Å². The lowest BCUT2D eigenvalue weighted by molar-refractivity contribution is -0.164. The topological polar surface area (TPSA) is 69.6 Å². The number of hydrogen-bond donors (Lipinski definition) is 2. The van der Waals surface area contributed by atoms with E-state index < -0.39 is 11.6 Å². The second-order valence-electron chi connectivity index (χ2n) is 4.75. The molecule has 2 fully saturated rings. The summed E-state index contributed by atoms with van der Waals surface area (Å²) in [5.74, 6) is 0.557. The van der Waals surface area contributed by atoms with Crippen LogP contribution in [-0.4, -0.2) is 51.6 Å². The minimum absolute atomic E-state index is 0.0799. The van der Waals surface area contributed by atoms with E-state index in [4.69, 9.17) is 0 Å². The van der Waals surface area contributed by atoms with Crippen LogP contribution in [0.3, 0.4) is 0 Å². The first-order chi connectivity index (χ1) is 7.42. The van der Waals surface area contributed by atoms with E-state index in [-0.39, 0.29) is 17.1 Å². The number of thioether (sulfide) groups is 1. The number of likely N-dealkylation sites (tertiary alicyclic amines) is 1. The average molecular weight is 244 g/mol. The molecule has 0 aliphatic carbocycles. The highest BCUT2D eigenvalue weighted by atomic mass is 32.2. The van der Waals surface area contributed by atoms with Gasteiger partial charge in [0.05, 0.1) is 13.1 Å². The second kappa shape index (κ2) is 3.92. The zero-order valence-electron chi connectivity index (χ0n) is 9.40. The molecule has 6 heteroatoms. The molecule has 0 bridgehead atoms. The van der Waals surface area contributed by atoms with Crippen LogP contribution in [-0.2, 0) is 4.79 Å². The summed E-state index contributed by atoms with van der Waals surface area (Å²) in [7, 11) is 0. The van der Waals surface area contributed by atoms with E-state index in [0.717, 1.165) is 11.8 Å². The van der Waals surface area contributed by atoms with E-state index in [1.165, 1.54) is 0 Å². The number of amides is 2. The SMILES string of the molecule is CC(C)C1(O)CN(C(=O)C2CSC(=O)N2)C1. The van der Waals surface area contributed by atoms with E-state index in [2.05, 4.69) is 5.32 Å². The minimum atomic E-state index is -0.745. The molecule has 2 amide bonds. The molecule has 1 atom stereocenters. The first kappa shape index (κ1) is 11.7. The highest BCUT2D eigenvalue weighted by molar-refractivity contribution is 8.14. The van der Waals surface area contributed by atoms with Crippen molar-refractivity contribution in [3.05, 3.63) is 0 Å². The number of carbonyl (C=O) groups is 2. The Bertz CT molecular complexity index is 326. The molecule has 0 aromatic carbocycles. The van der Waals surface area contributed by atoms with Crippen molar-refractivity contribution in [1.82, 2.24) is 10.2 Å². The lowest BCUT2D eigenvalue weighted by Gasteiger charge is -2.49. The number of nitrogens with one attached hydrogen (secondary N) is 1. The number of β-amino-alcohol motifs (C(OH)–C–C–N with tert-alkyl or cyclic N) is 1. The van der Waals surface area contributed by atoms with Crippen LogP contribution in [0, 0.1) is 5.92 Å². The number of carbonyl (C=O) groups excluding carboxylic acids is 2. The molecule has 1 unspecified atom stereocenters. The number of aliphatic hydroxyl groups is 1. The molecule has 2 aliphatic rings. The molecule has 16 heavy (non-hydrogen) atoms. The second-order valence-corrected chi connectivity index (χ2v) is 5.74. The van der Waals surface area contributed by atoms with Crippen LogP contribution in [0.15, 0.2) is 0 Å². The zero-order valence-corrected chi connectivity index (χ0v) is 10.2. The highest BCUT2D eigenvalue weighted by Gasteiger charge is 2.47. The monoisotopic (exact) mass is 244 g/mol. The molecule has 0 spiro atoms. The Morgan fingerprint density at radius 1 is 1.62 bits per heavy atom. The summed E-state index contributed by atoms with van der Waals surface area (Å²) in [5.41, 5.74) is -0.745. The molecule has 2 N–H and O–H groups in total. The van der Waals surface area contributed by atoms with Gasteiger partial charge in [-0.15, -0.1) is 0 Å². The fourth-order valence-electron chi connectivity index (χ4n) is 1.87. The summed E-state index contributed by atoms with van der Waals surface area (Å²) in [6, 6.07) is -0.408. The minimum Gasteiger partial charge on any atom is -0.386 e. The summed E-state index contributed by atoms with van der Waals surface area (Å²) in [5, 5.41) is 12.5. The molecule has 2 heterocycles. The van der Waals surface area contributed by atoms with Crippen LogP contribution in [0.1, 0.15) is 13.8 Å². The van der Waals surface area contributed by atoms with Gasteiger partial charge in [0.15, 0.2) is 0 Å². The lowest BCUT2D eigenvalue weighted by atomic mass is 9.82. The van der Waals surface area contributed by atoms with Crippen LogP contribution in [0.4, 0.5) is 4.79 Å². The first-order valence-corrected chi connectivity index (χ1v) is 6.35. The summed E-state index contributed by atoms with van der Waals surface area (Å²) in [6.07, 6.45) is 0. The van der Waals surface area contributed by atoms with Crippen LogP contribution in [0.25, 0.3) is 0 Å². The Balaban J connectivity index is 1.88. The van der Waals surface area contributed by atoms with Gasteiger partial charge in [0.1, 0.15) is 11.6 Å². The zero-order chi connectivity index (χ0) is 11.9. The fourth-order valence-corrected chi connectivity index (χ4v) is 2.64. The predicted molar refractivity (Wildman–Crippen MR) is 61.1 cm³/mol. The molecule has 0 saturated carbocycles. The molecule has 0 aromatic rings. The predicted octanol–water partition coefficient (Wildman–Crippen LogP) is 0.0407. The third-order valence-electron chi connectivity index (χ3n) is 3.29. The van der Waals surface area contributed by atoms with E-state index in [1.807, 2.05) is 13.8 Å². The number of hydrogen-bond acceptors (Lipinski definition) is 4. The Morgan fingerprint density at radius 3 is 2.69 bits per heavy atom. The van der Waals surface area contributed by atoms with Crippen molar-refractivity contribution < 1.29 is 14.7 Å². The van der Waals surface area contributed by atoms with Gasteiger partial charge >= 0.3 is 0 Å². The highest BCUT2D eigenvalue weighted by Crippen LogP contribution is 2.29. The van der Waals surface area contributed by atoms with Crippen molar-refractivity contribution in [3.8, 4) is 0 Å². The Labute approximate surface area is 98.6 Å². The van der Waals surface area contributed by atoms with Crippen molar-refractivity contribution in [3.63, 3.8) is 0 Å². The summed E-state index contributed by atoms with van der Waals surface area (Å²) in [6.45, 7) is 4.63. The van der Waals surface area contributed by atoms with Gasteiger partial charge in [-0.3, -0.25) is 9.59 Å². The van der Waals surface area contributed by atoms with E-state index in [0.29, 0.717) is 18.8 Å². The van der Waals surface area contributed by atoms with Gasteiger partial charge in [0.25, 0.3) is 5.24 Å². The van der Waals surface area contributed by atoms with Crippen LogP contribution >= 0.6 is 11.8 Å². The van der Waals surface area contributed by atoms with Gasteiger partial charge in [-0.2, -0.15) is 0 Å². The molecule has 0 radical (unpaired) electrons. The standard InChI is InChI=1S/C10H16N2O3S/c1-6(2)10(15)4-12(5-10)8(13)7-3-16-9(14)11-7/h6-7,15H,3-5H2,1-2H3,(H,11,14). The molecule has 2 rings (SSSR count). The Hall–Kier alpha value is -0.750. The van der Waals surface area contributed by atoms with Crippen LogP contribution in [0.5, 0.6) is 0 Å². The van der Waals surface area contributed by atoms with Crippen molar-refractivity contribution >= 4 is 22.9 Å². The maximum atomic E-state index is 11.9. The maximum absolute atomic E-state index is 11.9. The normalized spacial score (nSPS) is 27.9. The van der Waals surface area contributed by atoms with Crippen LogP contribution in [0.2, 0.25) is 0 Å². The van der Waals surface area contributed by atoms with E-state index >= 15 is 0 Å². The van der Waals surface area contributed by atoms with E-state index in [9.17, 15) is 14.7 Å². The molecule has 0 aromatic heterocycles. The van der Waals surface area contributed by atoms with E-state index in [1.54, 1.807) is 4.90 Å². The molecule has 2 aliphatic heterocycles. The molecule has 90 valence electrons. The maximum Gasteiger partial charge on any atom is 0.279 e. The number of nitrogens with zero attached hydrogens (tertiary/aromatic N) is 1. The fraction of sp³-hybridized carbons (Fsp3) is 0.800. The van der Waals surface area contributed by atoms with Gasteiger partial charge in [-0.05, 0) is 5.92 Å². The van der Waals surface area contributed by atoms with Gasteiger partial charge < -0.3 is 15.3 Å². The van der Waals surface area contributed by atoms with Crippen molar-refractivity contribution in [2.45, 2.75) is 25.5 Å². The lowest BCUT2D eigenvalue weighted by Crippen LogP contribution is -2.68.